The summed E-state index contributed by atoms with van der Waals surface area (Å²) in [6.07, 6.45) is 15.2. The lowest BCUT2D eigenvalue weighted by Gasteiger charge is -2.32. The molecule has 0 saturated carbocycles. The molecule has 188 valence electrons. The maximum atomic E-state index is 12.3. The van der Waals surface area contributed by atoms with Crippen molar-refractivity contribution in [3.05, 3.63) is 94.6 Å². The summed E-state index contributed by atoms with van der Waals surface area (Å²) in [5.41, 5.74) is 5.92. The quantitative estimate of drug-likeness (QED) is 0.316. The Balaban J connectivity index is 1.90. The highest BCUT2D eigenvalue weighted by atomic mass is 16.3. The van der Waals surface area contributed by atoms with E-state index in [-0.39, 0.29) is 5.41 Å². The Morgan fingerprint density at radius 2 is 1.83 bits per heavy atom. The molecular weight excluding hydrogens is 436 g/mol. The largest absolute Gasteiger partial charge is 0.394 e. The van der Waals surface area contributed by atoms with E-state index in [1.807, 2.05) is 55.5 Å². The van der Waals surface area contributed by atoms with Crippen LogP contribution in [0, 0.1) is 5.41 Å². The number of hydrogen-bond acceptors (Lipinski definition) is 3. The molecular formula is C30H40N2O3. The number of aliphatic hydroxyl groups excluding tert-OH is 1. The molecule has 2 amide bonds. The van der Waals surface area contributed by atoms with Crippen molar-refractivity contribution in [3.8, 4) is 0 Å². The molecule has 5 nitrogen and oxygen atoms in total. The first-order valence-electron chi connectivity index (χ1n) is 12.3. The molecule has 0 aliphatic heterocycles. The van der Waals surface area contributed by atoms with Crippen LogP contribution in [-0.4, -0.2) is 29.6 Å². The average Bonchev–Trinajstić information content (AvgIpc) is 2.80. The third-order valence-electron chi connectivity index (χ3n) is 6.26. The highest BCUT2D eigenvalue weighted by Gasteiger charge is 2.26. The van der Waals surface area contributed by atoms with Gasteiger partial charge in [0.25, 0.3) is 0 Å². The molecule has 0 radical (unpaired) electrons. The minimum atomic E-state index is -1.01. The first-order chi connectivity index (χ1) is 16.6. The number of amides is 2. The predicted molar refractivity (Wildman–Crippen MR) is 143 cm³/mol. The lowest BCUT2D eigenvalue weighted by Crippen LogP contribution is -2.48. The minimum absolute atomic E-state index is 0.215. The van der Waals surface area contributed by atoms with Crippen LogP contribution in [-0.2, 0) is 16.1 Å². The van der Waals surface area contributed by atoms with Crippen LogP contribution in [0.25, 0.3) is 0 Å². The first-order valence-corrected chi connectivity index (χ1v) is 12.3. The highest BCUT2D eigenvalue weighted by molar-refractivity contribution is 5.93. The Morgan fingerprint density at radius 1 is 1.11 bits per heavy atom. The molecule has 1 aromatic rings. The third kappa shape index (κ3) is 9.53. The standard InChI is InChI=1S/C30H40N2O3/c1-22(16-17-26-24(3)13-10-18-30(26,4)5)11-9-12-23(2)19-28(34)32-27(21-33)29(35)31-20-25-14-7-6-8-15-25/h6-9,11-12,14-17,19,27,33H,10,13,18,20-21H2,1-5H3,(H,31,35)(H,32,34). The molecule has 1 aromatic carbocycles. The fourth-order valence-corrected chi connectivity index (χ4v) is 4.20. The van der Waals surface area contributed by atoms with Gasteiger partial charge in [-0.05, 0) is 62.2 Å². The number of allylic oxidation sites excluding steroid dienone is 9. The van der Waals surface area contributed by atoms with Crippen LogP contribution in [0.3, 0.4) is 0 Å². The average molecular weight is 477 g/mol. The van der Waals surface area contributed by atoms with Gasteiger partial charge in [0.15, 0.2) is 0 Å². The zero-order valence-corrected chi connectivity index (χ0v) is 21.7. The van der Waals surface area contributed by atoms with Gasteiger partial charge in [-0.15, -0.1) is 0 Å². The van der Waals surface area contributed by atoms with E-state index in [1.54, 1.807) is 0 Å². The van der Waals surface area contributed by atoms with E-state index >= 15 is 0 Å². The van der Waals surface area contributed by atoms with Crippen molar-refractivity contribution in [1.29, 1.82) is 0 Å². The van der Waals surface area contributed by atoms with Gasteiger partial charge in [-0.2, -0.15) is 0 Å². The molecule has 0 heterocycles. The zero-order chi connectivity index (χ0) is 25.8. The van der Waals surface area contributed by atoms with E-state index < -0.39 is 24.5 Å². The number of carbonyl (C=O) groups excluding carboxylic acids is 2. The van der Waals surface area contributed by atoms with E-state index in [9.17, 15) is 14.7 Å². The van der Waals surface area contributed by atoms with Crippen molar-refractivity contribution >= 4 is 11.8 Å². The summed E-state index contributed by atoms with van der Waals surface area (Å²) >= 11 is 0. The lowest BCUT2D eigenvalue weighted by molar-refractivity contribution is -0.128. The van der Waals surface area contributed by atoms with Gasteiger partial charge in [-0.1, -0.05) is 85.7 Å². The molecule has 0 bridgehead atoms. The second kappa shape index (κ2) is 13.6. The van der Waals surface area contributed by atoms with E-state index in [0.717, 1.165) is 16.7 Å². The fraction of sp³-hybridized carbons (Fsp3) is 0.400. The van der Waals surface area contributed by atoms with Gasteiger partial charge < -0.3 is 15.7 Å². The van der Waals surface area contributed by atoms with Gasteiger partial charge in [0.2, 0.25) is 11.8 Å². The van der Waals surface area contributed by atoms with Gasteiger partial charge >= 0.3 is 0 Å². The highest BCUT2D eigenvalue weighted by Crippen LogP contribution is 2.40. The summed E-state index contributed by atoms with van der Waals surface area (Å²) in [7, 11) is 0. The molecule has 1 unspecified atom stereocenters. The minimum Gasteiger partial charge on any atom is -0.394 e. The number of hydrogen-bond donors (Lipinski definition) is 3. The van der Waals surface area contributed by atoms with E-state index in [1.165, 1.54) is 36.5 Å². The second-order valence-corrected chi connectivity index (χ2v) is 9.87. The Morgan fingerprint density at radius 3 is 2.49 bits per heavy atom. The van der Waals surface area contributed by atoms with Crippen LogP contribution in [0.1, 0.15) is 59.4 Å². The number of carbonyl (C=O) groups is 2. The third-order valence-corrected chi connectivity index (χ3v) is 6.26. The summed E-state index contributed by atoms with van der Waals surface area (Å²) in [5.74, 6) is -0.855. The Bertz CT molecular complexity index is 1030. The van der Waals surface area contributed by atoms with E-state index in [4.69, 9.17) is 0 Å². The van der Waals surface area contributed by atoms with Crippen molar-refractivity contribution in [2.24, 2.45) is 5.41 Å². The molecule has 0 spiro atoms. The maximum absolute atomic E-state index is 12.3. The molecule has 3 N–H and O–H groups in total. The van der Waals surface area contributed by atoms with Crippen molar-refractivity contribution in [1.82, 2.24) is 10.6 Å². The normalized spacial score (nSPS) is 17.7. The summed E-state index contributed by atoms with van der Waals surface area (Å²) in [6, 6.07) is 8.45. The molecule has 1 aliphatic carbocycles. The topological polar surface area (TPSA) is 78.4 Å². The lowest BCUT2D eigenvalue weighted by atomic mass is 9.72. The summed E-state index contributed by atoms with van der Waals surface area (Å²) in [6.45, 7) is 10.6. The zero-order valence-electron chi connectivity index (χ0n) is 21.7. The van der Waals surface area contributed by atoms with Crippen LogP contribution in [0.5, 0.6) is 0 Å². The van der Waals surface area contributed by atoms with Gasteiger partial charge in [0.1, 0.15) is 6.04 Å². The number of rotatable bonds is 10. The van der Waals surface area contributed by atoms with Gasteiger partial charge in [0, 0.05) is 12.6 Å². The molecule has 0 saturated heterocycles. The van der Waals surface area contributed by atoms with Crippen LogP contribution in [0.4, 0.5) is 0 Å². The molecule has 0 fully saturated rings. The predicted octanol–water partition coefficient (Wildman–Crippen LogP) is 5.31. The summed E-state index contributed by atoms with van der Waals surface area (Å²) < 4.78 is 0. The van der Waals surface area contributed by atoms with Crippen molar-refractivity contribution in [2.45, 2.75) is 66.5 Å². The Kier molecular flexibility index (Phi) is 10.9. The number of aliphatic hydroxyl groups is 1. The molecule has 0 aromatic heterocycles. The Labute approximate surface area is 210 Å². The van der Waals surface area contributed by atoms with Gasteiger partial charge in [0.05, 0.1) is 6.61 Å². The van der Waals surface area contributed by atoms with Crippen LogP contribution >= 0.6 is 0 Å². The molecule has 2 rings (SSSR count). The molecule has 1 aliphatic rings. The van der Waals surface area contributed by atoms with Crippen molar-refractivity contribution in [3.63, 3.8) is 0 Å². The maximum Gasteiger partial charge on any atom is 0.245 e. The van der Waals surface area contributed by atoms with E-state index in [2.05, 4.69) is 50.5 Å². The van der Waals surface area contributed by atoms with Crippen LogP contribution < -0.4 is 10.6 Å². The number of benzene rings is 1. The van der Waals surface area contributed by atoms with Gasteiger partial charge in [-0.25, -0.2) is 0 Å². The summed E-state index contributed by atoms with van der Waals surface area (Å²) in [5, 5.41) is 14.8. The number of nitrogens with one attached hydrogen (secondary N) is 2. The smallest absolute Gasteiger partial charge is 0.245 e. The molecule has 35 heavy (non-hydrogen) atoms. The van der Waals surface area contributed by atoms with Gasteiger partial charge in [-0.3, -0.25) is 9.59 Å². The van der Waals surface area contributed by atoms with Crippen molar-refractivity contribution in [2.75, 3.05) is 6.61 Å². The van der Waals surface area contributed by atoms with Crippen molar-refractivity contribution < 1.29 is 14.7 Å². The fourth-order valence-electron chi connectivity index (χ4n) is 4.20. The SMILES string of the molecule is CC(C=CC1=C(C)CCCC1(C)C)=CC=CC(C)=CC(=O)NC(CO)C(=O)NCc1ccccc1. The van der Waals surface area contributed by atoms with E-state index in [0.29, 0.717) is 6.54 Å². The van der Waals surface area contributed by atoms with Crippen LogP contribution in [0.2, 0.25) is 0 Å². The second-order valence-electron chi connectivity index (χ2n) is 9.87. The monoisotopic (exact) mass is 476 g/mol. The Hall–Kier alpha value is -3.18. The summed E-state index contributed by atoms with van der Waals surface area (Å²) in [4.78, 5) is 24.6. The first kappa shape index (κ1) is 28.1. The van der Waals surface area contributed by atoms with Crippen LogP contribution in [0.15, 0.2) is 89.1 Å². The molecule has 5 heteroatoms. The molecule has 1 atom stereocenters.